The van der Waals surface area contributed by atoms with Gasteiger partial charge in [-0.3, -0.25) is 9.59 Å². The molecular weight excluding hydrogens is 342 g/mol. The van der Waals surface area contributed by atoms with Crippen LogP contribution in [0.25, 0.3) is 0 Å². The minimum atomic E-state index is -0.282. The molecule has 2 saturated carbocycles. The molecule has 2 aliphatic carbocycles. The van der Waals surface area contributed by atoms with Crippen LogP contribution in [0.4, 0.5) is 0 Å². The monoisotopic (exact) mass is 379 g/mol. The fraction of sp³-hybridized carbons (Fsp3) is 0.909. The first-order valence-electron chi connectivity index (χ1n) is 11.2. The molecule has 0 radical (unpaired) electrons. The summed E-state index contributed by atoms with van der Waals surface area (Å²) in [7, 11) is 0. The molecule has 27 heavy (non-hydrogen) atoms. The van der Waals surface area contributed by atoms with Gasteiger partial charge in [0.25, 0.3) is 0 Å². The summed E-state index contributed by atoms with van der Waals surface area (Å²) in [5, 5.41) is 0. The van der Waals surface area contributed by atoms with E-state index in [0.29, 0.717) is 6.61 Å². The van der Waals surface area contributed by atoms with Crippen LogP contribution >= 0.6 is 0 Å². The Morgan fingerprint density at radius 3 is 2.30 bits per heavy atom. The smallest absolute Gasteiger partial charge is 0.302 e. The average molecular weight is 380 g/mol. The lowest BCUT2D eigenvalue weighted by Gasteiger charge is -2.32. The molecule has 0 aromatic rings. The normalized spacial score (nSPS) is 29.7. The highest BCUT2D eigenvalue weighted by Crippen LogP contribution is 2.35. The highest BCUT2D eigenvalue weighted by molar-refractivity contribution is 5.78. The second-order valence-electron chi connectivity index (χ2n) is 8.88. The maximum absolute atomic E-state index is 12.5. The third-order valence-electron chi connectivity index (χ3n) is 6.80. The van der Waals surface area contributed by atoms with Crippen LogP contribution in [0.15, 0.2) is 0 Å². The molecular formula is C22H37NO4. The van der Waals surface area contributed by atoms with Crippen LogP contribution < -0.4 is 0 Å². The number of carbonyl (C=O) groups is 2. The quantitative estimate of drug-likeness (QED) is 0.625. The number of nitrogens with zero attached hydrogens (tertiary/aromatic N) is 1. The van der Waals surface area contributed by atoms with Gasteiger partial charge in [0, 0.05) is 13.5 Å². The van der Waals surface area contributed by atoms with Gasteiger partial charge in [-0.1, -0.05) is 32.1 Å². The van der Waals surface area contributed by atoms with E-state index in [0.717, 1.165) is 44.1 Å². The highest BCUT2D eigenvalue weighted by Gasteiger charge is 2.31. The number of carbonyl (C=O) groups excluding carboxylic acids is 2. The van der Waals surface area contributed by atoms with Crippen LogP contribution in [0.2, 0.25) is 0 Å². The average Bonchev–Trinajstić information content (AvgIpc) is 3.15. The largest absolute Gasteiger partial charge is 0.464 e. The molecule has 3 rings (SSSR count). The van der Waals surface area contributed by atoms with Crippen molar-refractivity contribution in [1.82, 2.24) is 4.90 Å². The molecule has 154 valence electrons. The van der Waals surface area contributed by atoms with Crippen molar-refractivity contribution in [3.8, 4) is 0 Å². The lowest BCUT2D eigenvalue weighted by Crippen LogP contribution is -2.41. The van der Waals surface area contributed by atoms with Crippen LogP contribution in [0.1, 0.15) is 84.0 Å². The van der Waals surface area contributed by atoms with E-state index >= 15 is 0 Å². The van der Waals surface area contributed by atoms with Gasteiger partial charge in [0.15, 0.2) is 0 Å². The predicted molar refractivity (Wildman–Crippen MR) is 104 cm³/mol. The number of hydrogen-bond donors (Lipinski definition) is 0. The summed E-state index contributed by atoms with van der Waals surface area (Å²) in [6, 6.07) is 0.0243. The van der Waals surface area contributed by atoms with Crippen LogP contribution in [0, 0.1) is 11.8 Å². The Labute approximate surface area is 164 Å². The molecule has 0 spiro atoms. The molecule has 1 heterocycles. The molecule has 1 unspecified atom stereocenters. The third-order valence-corrected chi connectivity index (χ3v) is 6.80. The Morgan fingerprint density at radius 1 is 0.889 bits per heavy atom. The van der Waals surface area contributed by atoms with E-state index in [1.54, 1.807) is 0 Å². The molecule has 0 bridgehead atoms. The summed E-state index contributed by atoms with van der Waals surface area (Å²) in [6.45, 7) is 2.65. The number of amides is 1. The van der Waals surface area contributed by atoms with Crippen molar-refractivity contribution in [3.05, 3.63) is 0 Å². The van der Waals surface area contributed by atoms with Gasteiger partial charge in [0.05, 0.1) is 12.1 Å². The Kier molecular flexibility index (Phi) is 7.98. The Bertz CT molecular complexity index is 481. The van der Waals surface area contributed by atoms with Crippen molar-refractivity contribution in [2.75, 3.05) is 19.8 Å². The van der Waals surface area contributed by atoms with E-state index in [1.165, 1.54) is 58.3 Å². The molecule has 1 aliphatic heterocycles. The standard InChI is InChI=1S/C22H37NO4/c1-17(24)26-15-20-8-5-13-23(20)22(25)16-27-21-11-9-19(10-12-21)14-18-6-3-2-4-7-18/h18-21H,2-16H2,1H3. The van der Waals surface area contributed by atoms with Gasteiger partial charge < -0.3 is 14.4 Å². The van der Waals surface area contributed by atoms with E-state index in [4.69, 9.17) is 9.47 Å². The highest BCUT2D eigenvalue weighted by atomic mass is 16.5. The molecule has 3 fully saturated rings. The maximum Gasteiger partial charge on any atom is 0.302 e. The third kappa shape index (κ3) is 6.48. The minimum absolute atomic E-state index is 0.0243. The van der Waals surface area contributed by atoms with Crippen molar-refractivity contribution in [2.24, 2.45) is 11.8 Å². The first kappa shape index (κ1) is 20.6. The van der Waals surface area contributed by atoms with Gasteiger partial charge in [-0.25, -0.2) is 0 Å². The SMILES string of the molecule is CC(=O)OCC1CCCN1C(=O)COC1CCC(CC2CCCCC2)CC1. The summed E-state index contributed by atoms with van der Waals surface area (Å²) in [6.07, 6.45) is 15.4. The zero-order chi connectivity index (χ0) is 19.1. The Morgan fingerprint density at radius 2 is 1.59 bits per heavy atom. The van der Waals surface area contributed by atoms with Crippen LogP contribution in [-0.4, -0.2) is 48.7 Å². The summed E-state index contributed by atoms with van der Waals surface area (Å²) in [5.41, 5.74) is 0. The number of ether oxygens (including phenoxy) is 2. The van der Waals surface area contributed by atoms with Gasteiger partial charge in [-0.2, -0.15) is 0 Å². The van der Waals surface area contributed by atoms with Crippen molar-refractivity contribution in [3.63, 3.8) is 0 Å². The first-order valence-corrected chi connectivity index (χ1v) is 11.2. The fourth-order valence-electron chi connectivity index (χ4n) is 5.25. The molecule has 3 aliphatic rings. The molecule has 0 aromatic carbocycles. The molecule has 1 saturated heterocycles. The van der Waals surface area contributed by atoms with Gasteiger partial charge in [-0.15, -0.1) is 0 Å². The fourth-order valence-corrected chi connectivity index (χ4v) is 5.25. The zero-order valence-corrected chi connectivity index (χ0v) is 17.0. The lowest BCUT2D eigenvalue weighted by molar-refractivity contribution is -0.147. The van der Waals surface area contributed by atoms with E-state index in [9.17, 15) is 9.59 Å². The molecule has 1 amide bonds. The summed E-state index contributed by atoms with van der Waals surface area (Å²) in [5.74, 6) is 1.60. The van der Waals surface area contributed by atoms with Crippen LogP contribution in [0.5, 0.6) is 0 Å². The van der Waals surface area contributed by atoms with Gasteiger partial charge in [-0.05, 0) is 56.8 Å². The van der Waals surface area contributed by atoms with Crippen LogP contribution in [-0.2, 0) is 19.1 Å². The second kappa shape index (κ2) is 10.4. The Hall–Kier alpha value is -1.10. The number of likely N-dealkylation sites (tertiary alicyclic amines) is 1. The van der Waals surface area contributed by atoms with Gasteiger partial charge in [0.1, 0.15) is 13.2 Å². The summed E-state index contributed by atoms with van der Waals surface area (Å²) in [4.78, 5) is 25.4. The van der Waals surface area contributed by atoms with E-state index in [1.807, 2.05) is 4.90 Å². The first-order chi connectivity index (χ1) is 13.1. The second-order valence-corrected chi connectivity index (χ2v) is 8.88. The zero-order valence-electron chi connectivity index (χ0n) is 17.0. The predicted octanol–water partition coefficient (Wildman–Crippen LogP) is 4.09. The molecule has 0 N–H and O–H groups in total. The maximum atomic E-state index is 12.5. The van der Waals surface area contributed by atoms with Gasteiger partial charge >= 0.3 is 5.97 Å². The van der Waals surface area contributed by atoms with Crippen molar-refractivity contribution in [2.45, 2.75) is 96.1 Å². The Balaban J connectivity index is 1.33. The minimum Gasteiger partial charge on any atom is -0.464 e. The van der Waals surface area contributed by atoms with E-state index in [-0.39, 0.29) is 30.6 Å². The molecule has 5 nitrogen and oxygen atoms in total. The molecule has 1 atom stereocenters. The van der Waals surface area contributed by atoms with Crippen molar-refractivity contribution in [1.29, 1.82) is 0 Å². The molecule has 5 heteroatoms. The lowest BCUT2D eigenvalue weighted by atomic mass is 9.77. The van der Waals surface area contributed by atoms with Crippen LogP contribution in [0.3, 0.4) is 0 Å². The number of rotatable bonds is 7. The topological polar surface area (TPSA) is 55.8 Å². The van der Waals surface area contributed by atoms with E-state index in [2.05, 4.69) is 0 Å². The van der Waals surface area contributed by atoms with Gasteiger partial charge in [0.2, 0.25) is 5.91 Å². The van der Waals surface area contributed by atoms with Crippen molar-refractivity contribution < 1.29 is 19.1 Å². The molecule has 0 aromatic heterocycles. The van der Waals surface area contributed by atoms with E-state index < -0.39 is 0 Å². The summed E-state index contributed by atoms with van der Waals surface area (Å²) >= 11 is 0. The summed E-state index contributed by atoms with van der Waals surface area (Å²) < 4.78 is 11.1. The number of esters is 1. The van der Waals surface area contributed by atoms with Crippen molar-refractivity contribution >= 4 is 11.9 Å². The number of hydrogen-bond acceptors (Lipinski definition) is 4.